The Morgan fingerprint density at radius 2 is 1.59 bits per heavy atom. The lowest BCUT2D eigenvalue weighted by molar-refractivity contribution is 0.153. The van der Waals surface area contributed by atoms with E-state index in [0.717, 1.165) is 19.5 Å². The van der Waals surface area contributed by atoms with Crippen LogP contribution in [0.15, 0.2) is 54.6 Å². The first-order chi connectivity index (χ1) is 10.7. The highest BCUT2D eigenvalue weighted by Gasteiger charge is 2.14. The summed E-state index contributed by atoms with van der Waals surface area (Å²) in [5, 5.41) is 18.1. The van der Waals surface area contributed by atoms with Crippen molar-refractivity contribution < 1.29 is 5.11 Å². The zero-order valence-corrected chi connectivity index (χ0v) is 12.9. The topological polar surface area (TPSA) is 47.3 Å². The zero-order valence-electron chi connectivity index (χ0n) is 12.9. The van der Waals surface area contributed by atoms with Gasteiger partial charge in [0.2, 0.25) is 0 Å². The van der Waals surface area contributed by atoms with Crippen molar-refractivity contribution in [3.8, 4) is 6.07 Å². The Hall–Kier alpha value is -2.15. The molecule has 0 aromatic heterocycles. The van der Waals surface area contributed by atoms with Gasteiger partial charge in [0.25, 0.3) is 0 Å². The first-order valence-electron chi connectivity index (χ1n) is 7.61. The summed E-state index contributed by atoms with van der Waals surface area (Å²) in [6.07, 6.45) is 0.753. The Morgan fingerprint density at radius 1 is 1.00 bits per heavy atom. The number of benzene rings is 2. The third kappa shape index (κ3) is 4.70. The fourth-order valence-electron chi connectivity index (χ4n) is 2.47. The van der Waals surface area contributed by atoms with Crippen LogP contribution in [0.1, 0.15) is 30.0 Å². The average molecular weight is 294 g/mol. The largest absolute Gasteiger partial charge is 0.396 e. The number of nitrogens with zero attached hydrogens (tertiary/aromatic N) is 2. The molecular weight excluding hydrogens is 272 g/mol. The number of hydrogen-bond donors (Lipinski definition) is 1. The first kappa shape index (κ1) is 16.2. The molecule has 1 N–H and O–H groups in total. The third-order valence-electron chi connectivity index (χ3n) is 3.87. The maximum absolute atomic E-state index is 9.22. The van der Waals surface area contributed by atoms with E-state index in [1.165, 1.54) is 11.1 Å². The van der Waals surface area contributed by atoms with Gasteiger partial charge in [0.15, 0.2) is 0 Å². The van der Waals surface area contributed by atoms with Crippen LogP contribution in [0.2, 0.25) is 0 Å². The number of rotatable bonds is 7. The molecule has 2 aromatic carbocycles. The van der Waals surface area contributed by atoms with Gasteiger partial charge in [0.05, 0.1) is 11.6 Å². The van der Waals surface area contributed by atoms with Crippen molar-refractivity contribution in [2.75, 3.05) is 6.61 Å². The molecule has 0 radical (unpaired) electrons. The molecule has 0 saturated carbocycles. The first-order valence-corrected chi connectivity index (χ1v) is 7.61. The average Bonchev–Trinajstić information content (AvgIpc) is 2.56. The van der Waals surface area contributed by atoms with E-state index >= 15 is 0 Å². The SMILES string of the molecule is CC(CCO)N(Cc1ccccc1)Cc1ccc(C#N)cc1. The fourth-order valence-corrected chi connectivity index (χ4v) is 2.47. The summed E-state index contributed by atoms with van der Waals surface area (Å²) in [5.74, 6) is 0. The molecule has 0 bridgehead atoms. The molecule has 0 saturated heterocycles. The zero-order chi connectivity index (χ0) is 15.8. The van der Waals surface area contributed by atoms with Crippen molar-refractivity contribution in [3.63, 3.8) is 0 Å². The van der Waals surface area contributed by atoms with E-state index < -0.39 is 0 Å². The van der Waals surface area contributed by atoms with E-state index in [4.69, 9.17) is 5.26 Å². The summed E-state index contributed by atoms with van der Waals surface area (Å²) in [4.78, 5) is 2.35. The Balaban J connectivity index is 2.11. The maximum atomic E-state index is 9.22. The molecule has 2 rings (SSSR count). The molecule has 0 fully saturated rings. The monoisotopic (exact) mass is 294 g/mol. The van der Waals surface area contributed by atoms with E-state index in [9.17, 15) is 5.11 Å². The molecule has 0 amide bonds. The van der Waals surface area contributed by atoms with Crippen LogP contribution >= 0.6 is 0 Å². The quantitative estimate of drug-likeness (QED) is 0.852. The fraction of sp³-hybridized carbons (Fsp3) is 0.316. The van der Waals surface area contributed by atoms with Crippen LogP contribution in [0, 0.1) is 11.3 Å². The van der Waals surface area contributed by atoms with Gasteiger partial charge < -0.3 is 5.11 Å². The lowest BCUT2D eigenvalue weighted by atomic mass is 10.1. The van der Waals surface area contributed by atoms with Crippen LogP contribution in [0.3, 0.4) is 0 Å². The summed E-state index contributed by atoms with van der Waals surface area (Å²) in [7, 11) is 0. The second-order valence-corrected chi connectivity index (χ2v) is 5.56. The van der Waals surface area contributed by atoms with Crippen molar-refractivity contribution in [2.45, 2.75) is 32.5 Å². The van der Waals surface area contributed by atoms with Gasteiger partial charge in [-0.15, -0.1) is 0 Å². The number of nitriles is 1. The predicted molar refractivity (Wildman–Crippen MR) is 88.0 cm³/mol. The van der Waals surface area contributed by atoms with Gasteiger partial charge in [-0.25, -0.2) is 0 Å². The number of aliphatic hydroxyl groups is 1. The smallest absolute Gasteiger partial charge is 0.0991 e. The molecule has 114 valence electrons. The molecule has 3 heteroatoms. The van der Waals surface area contributed by atoms with Crippen LogP contribution in [0.25, 0.3) is 0 Å². The van der Waals surface area contributed by atoms with Gasteiger partial charge in [-0.1, -0.05) is 42.5 Å². The van der Waals surface area contributed by atoms with Gasteiger partial charge in [0, 0.05) is 25.7 Å². The van der Waals surface area contributed by atoms with Gasteiger partial charge in [-0.05, 0) is 36.6 Å². The second kappa shape index (κ2) is 8.33. The summed E-state index contributed by atoms with van der Waals surface area (Å²) < 4.78 is 0. The minimum Gasteiger partial charge on any atom is -0.396 e. The van der Waals surface area contributed by atoms with Crippen molar-refractivity contribution >= 4 is 0 Å². The molecule has 1 atom stereocenters. The van der Waals surface area contributed by atoms with E-state index in [0.29, 0.717) is 11.6 Å². The highest BCUT2D eigenvalue weighted by Crippen LogP contribution is 2.15. The van der Waals surface area contributed by atoms with Gasteiger partial charge in [-0.2, -0.15) is 5.26 Å². The minimum atomic E-state index is 0.194. The van der Waals surface area contributed by atoms with E-state index in [-0.39, 0.29) is 6.61 Å². The molecule has 0 spiro atoms. The summed E-state index contributed by atoms with van der Waals surface area (Å²) in [6.45, 7) is 3.99. The third-order valence-corrected chi connectivity index (χ3v) is 3.87. The molecule has 3 nitrogen and oxygen atoms in total. The Bertz CT molecular complexity index is 602. The lowest BCUT2D eigenvalue weighted by Crippen LogP contribution is -2.32. The molecule has 0 aliphatic heterocycles. The van der Waals surface area contributed by atoms with E-state index in [2.05, 4.69) is 30.0 Å². The molecule has 0 aliphatic rings. The second-order valence-electron chi connectivity index (χ2n) is 5.56. The van der Waals surface area contributed by atoms with Crippen LogP contribution < -0.4 is 0 Å². The lowest BCUT2D eigenvalue weighted by Gasteiger charge is -2.29. The van der Waals surface area contributed by atoms with E-state index in [1.807, 2.05) is 42.5 Å². The normalized spacial score (nSPS) is 12.1. The summed E-state index contributed by atoms with van der Waals surface area (Å²) in [6, 6.07) is 20.5. The number of hydrogen-bond acceptors (Lipinski definition) is 3. The number of aliphatic hydroxyl groups excluding tert-OH is 1. The van der Waals surface area contributed by atoms with Crippen molar-refractivity contribution in [1.82, 2.24) is 4.90 Å². The summed E-state index contributed by atoms with van der Waals surface area (Å²) >= 11 is 0. The van der Waals surface area contributed by atoms with Crippen molar-refractivity contribution in [1.29, 1.82) is 5.26 Å². The van der Waals surface area contributed by atoms with Crippen molar-refractivity contribution in [3.05, 3.63) is 71.3 Å². The van der Waals surface area contributed by atoms with Crippen LogP contribution in [0.4, 0.5) is 0 Å². The molecule has 22 heavy (non-hydrogen) atoms. The Kier molecular flexibility index (Phi) is 6.14. The predicted octanol–water partition coefficient (Wildman–Crippen LogP) is 3.33. The highest BCUT2D eigenvalue weighted by molar-refractivity contribution is 5.31. The standard InChI is InChI=1S/C19H22N2O/c1-16(11-12-22)21(14-18-5-3-2-4-6-18)15-19-9-7-17(13-20)8-10-19/h2-10,16,22H,11-12,14-15H2,1H3. The van der Waals surface area contributed by atoms with Gasteiger partial charge in [-0.3, -0.25) is 4.90 Å². The minimum absolute atomic E-state index is 0.194. The van der Waals surface area contributed by atoms with Crippen LogP contribution in [-0.4, -0.2) is 22.7 Å². The van der Waals surface area contributed by atoms with Gasteiger partial charge in [0.1, 0.15) is 0 Å². The molecule has 0 aliphatic carbocycles. The van der Waals surface area contributed by atoms with Crippen LogP contribution in [-0.2, 0) is 13.1 Å². The van der Waals surface area contributed by atoms with Crippen LogP contribution in [0.5, 0.6) is 0 Å². The van der Waals surface area contributed by atoms with Crippen molar-refractivity contribution in [2.24, 2.45) is 0 Å². The summed E-state index contributed by atoms with van der Waals surface area (Å²) in [5.41, 5.74) is 3.13. The molecule has 2 aromatic rings. The molecular formula is C19H22N2O. The van der Waals surface area contributed by atoms with E-state index in [1.54, 1.807) is 0 Å². The molecule has 0 heterocycles. The Morgan fingerprint density at radius 3 is 2.14 bits per heavy atom. The molecule has 1 unspecified atom stereocenters. The Labute approximate surface area is 132 Å². The maximum Gasteiger partial charge on any atom is 0.0991 e. The highest BCUT2D eigenvalue weighted by atomic mass is 16.3. The van der Waals surface area contributed by atoms with Gasteiger partial charge >= 0.3 is 0 Å².